The van der Waals surface area contributed by atoms with Crippen LogP contribution in [0.2, 0.25) is 0 Å². The van der Waals surface area contributed by atoms with Gasteiger partial charge in [-0.15, -0.1) is 0 Å². The number of hydrogen-bond acceptors (Lipinski definition) is 6. The van der Waals surface area contributed by atoms with Gasteiger partial charge in [-0.05, 0) is 25.1 Å². The Kier molecular flexibility index (Phi) is 4.93. The third kappa shape index (κ3) is 3.87. The molecule has 0 unspecified atom stereocenters. The number of pyridine rings is 1. The first-order valence-electron chi connectivity index (χ1n) is 9.07. The minimum absolute atomic E-state index is 0.181. The molecule has 4 rings (SSSR count). The molecule has 0 radical (unpaired) electrons. The van der Waals surface area contributed by atoms with Crippen LogP contribution in [0.25, 0.3) is 0 Å². The molecule has 3 aromatic heterocycles. The molecule has 4 heterocycles. The Morgan fingerprint density at radius 2 is 2.19 bits per heavy atom. The van der Waals surface area contributed by atoms with Gasteiger partial charge in [0.15, 0.2) is 5.69 Å². The van der Waals surface area contributed by atoms with Gasteiger partial charge in [0.1, 0.15) is 12.2 Å². The molecule has 140 valence electrons. The molecule has 0 fully saturated rings. The fourth-order valence-electron chi connectivity index (χ4n) is 3.21. The number of carbonyl (C=O) groups excluding carboxylic acids is 1. The molecule has 1 aliphatic rings. The lowest BCUT2D eigenvalue weighted by Crippen LogP contribution is -2.34. The topological polar surface area (TPSA) is 93.8 Å². The normalized spacial score (nSPS) is 14.1. The lowest BCUT2D eigenvalue weighted by molar-refractivity contribution is 0.0944. The van der Waals surface area contributed by atoms with Gasteiger partial charge in [0.25, 0.3) is 5.91 Å². The minimum Gasteiger partial charge on any atom is -0.345 e. The number of rotatable bonds is 6. The molecule has 0 saturated heterocycles. The Labute approximate surface area is 157 Å². The molecule has 0 bridgehead atoms. The second-order valence-electron chi connectivity index (χ2n) is 6.45. The highest BCUT2D eigenvalue weighted by Crippen LogP contribution is 2.16. The van der Waals surface area contributed by atoms with Crippen LogP contribution in [0.5, 0.6) is 0 Å². The molecule has 9 heteroatoms. The van der Waals surface area contributed by atoms with Crippen molar-refractivity contribution < 1.29 is 4.79 Å². The molecule has 1 amide bonds. The van der Waals surface area contributed by atoms with Crippen LogP contribution in [-0.4, -0.2) is 46.9 Å². The smallest absolute Gasteiger partial charge is 0.272 e. The molecule has 0 saturated carbocycles. The highest BCUT2D eigenvalue weighted by Gasteiger charge is 2.22. The Hall–Kier alpha value is -3.07. The lowest BCUT2D eigenvalue weighted by atomic mass is 10.2. The fourth-order valence-corrected chi connectivity index (χ4v) is 3.21. The van der Waals surface area contributed by atoms with E-state index in [0.717, 1.165) is 49.9 Å². The van der Waals surface area contributed by atoms with Crippen LogP contribution in [0.15, 0.2) is 36.8 Å². The summed E-state index contributed by atoms with van der Waals surface area (Å²) in [7, 11) is 0. The molecular formula is C18H22N8O. The van der Waals surface area contributed by atoms with Gasteiger partial charge < -0.3 is 5.32 Å². The van der Waals surface area contributed by atoms with Gasteiger partial charge in [0.2, 0.25) is 0 Å². The maximum atomic E-state index is 12.4. The van der Waals surface area contributed by atoms with Crippen molar-refractivity contribution in [2.45, 2.75) is 39.6 Å². The number of nitrogens with one attached hydrogen (secondary N) is 1. The van der Waals surface area contributed by atoms with Crippen molar-refractivity contribution in [2.24, 2.45) is 0 Å². The highest BCUT2D eigenvalue weighted by atomic mass is 16.1. The van der Waals surface area contributed by atoms with E-state index >= 15 is 0 Å². The molecule has 1 aliphatic heterocycles. The molecule has 3 aromatic rings. The van der Waals surface area contributed by atoms with Crippen LogP contribution in [0.4, 0.5) is 0 Å². The number of amides is 1. The summed E-state index contributed by atoms with van der Waals surface area (Å²) in [4.78, 5) is 23.3. The zero-order valence-electron chi connectivity index (χ0n) is 15.2. The van der Waals surface area contributed by atoms with Gasteiger partial charge in [-0.25, -0.2) is 9.67 Å². The van der Waals surface area contributed by atoms with Crippen molar-refractivity contribution in [3.63, 3.8) is 0 Å². The molecule has 27 heavy (non-hydrogen) atoms. The first kappa shape index (κ1) is 17.3. The Morgan fingerprint density at radius 3 is 3.00 bits per heavy atom. The quantitative estimate of drug-likeness (QED) is 0.695. The van der Waals surface area contributed by atoms with Crippen LogP contribution in [0.3, 0.4) is 0 Å². The zero-order valence-corrected chi connectivity index (χ0v) is 15.2. The third-order valence-electron chi connectivity index (χ3n) is 4.63. The fraction of sp³-hybridized carbons (Fsp3) is 0.389. The lowest BCUT2D eigenvalue weighted by Gasteiger charge is -2.26. The summed E-state index contributed by atoms with van der Waals surface area (Å²) in [5.74, 6) is 0.777. The van der Waals surface area contributed by atoms with E-state index in [4.69, 9.17) is 0 Å². The van der Waals surface area contributed by atoms with Crippen LogP contribution >= 0.6 is 0 Å². The summed E-state index contributed by atoms with van der Waals surface area (Å²) in [5, 5.41) is 11.5. The van der Waals surface area contributed by atoms with Gasteiger partial charge in [0, 0.05) is 25.8 Å². The number of fused-ring (bicyclic) bond motifs is 1. The van der Waals surface area contributed by atoms with Crippen LogP contribution in [0, 0.1) is 0 Å². The van der Waals surface area contributed by atoms with Crippen molar-refractivity contribution >= 4 is 5.91 Å². The average Bonchev–Trinajstić information content (AvgIpc) is 3.33. The molecule has 0 spiro atoms. The molecule has 9 nitrogen and oxygen atoms in total. The minimum atomic E-state index is -0.181. The second-order valence-corrected chi connectivity index (χ2v) is 6.45. The van der Waals surface area contributed by atoms with E-state index in [2.05, 4.69) is 37.3 Å². The zero-order chi connectivity index (χ0) is 18.6. The Balaban J connectivity index is 1.39. The van der Waals surface area contributed by atoms with E-state index in [9.17, 15) is 4.79 Å². The van der Waals surface area contributed by atoms with Crippen LogP contribution in [0.1, 0.15) is 34.6 Å². The summed E-state index contributed by atoms with van der Waals surface area (Å²) >= 11 is 0. The first-order valence-corrected chi connectivity index (χ1v) is 9.07. The predicted molar refractivity (Wildman–Crippen MR) is 97.4 cm³/mol. The summed E-state index contributed by atoms with van der Waals surface area (Å²) < 4.78 is 3.82. The van der Waals surface area contributed by atoms with Crippen molar-refractivity contribution in [1.82, 2.24) is 39.7 Å². The number of hydrogen-bond donors (Lipinski definition) is 1. The standard InChI is InChI=1S/C18H22N8O/c1-2-25-17(21-13-22-25)12-24-7-8-26-15(11-24)9-16(23-26)18(27)20-10-14-5-3-4-6-19-14/h3-6,9,13H,2,7-8,10-12H2,1H3,(H,20,27). The van der Waals surface area contributed by atoms with Crippen molar-refractivity contribution in [2.75, 3.05) is 6.54 Å². The van der Waals surface area contributed by atoms with E-state index in [0.29, 0.717) is 12.2 Å². The molecule has 1 N–H and O–H groups in total. The predicted octanol–water partition coefficient (Wildman–Crippen LogP) is 0.835. The average molecular weight is 366 g/mol. The summed E-state index contributed by atoms with van der Waals surface area (Å²) in [6.45, 7) is 6.34. The maximum Gasteiger partial charge on any atom is 0.272 e. The second kappa shape index (κ2) is 7.67. The molecule has 0 aromatic carbocycles. The van der Waals surface area contributed by atoms with E-state index in [1.807, 2.05) is 33.6 Å². The third-order valence-corrected chi connectivity index (χ3v) is 4.63. The van der Waals surface area contributed by atoms with Crippen molar-refractivity contribution in [3.8, 4) is 0 Å². The van der Waals surface area contributed by atoms with E-state index in [1.165, 1.54) is 0 Å². The molecular weight excluding hydrogens is 344 g/mol. The largest absolute Gasteiger partial charge is 0.345 e. The van der Waals surface area contributed by atoms with Gasteiger partial charge in [-0.2, -0.15) is 10.2 Å². The number of aromatic nitrogens is 6. The van der Waals surface area contributed by atoms with E-state index in [1.54, 1.807) is 12.5 Å². The Morgan fingerprint density at radius 1 is 1.26 bits per heavy atom. The summed E-state index contributed by atoms with van der Waals surface area (Å²) in [6.07, 6.45) is 3.31. The van der Waals surface area contributed by atoms with Gasteiger partial charge >= 0.3 is 0 Å². The van der Waals surface area contributed by atoms with Gasteiger partial charge in [0.05, 0.1) is 31.0 Å². The maximum absolute atomic E-state index is 12.4. The van der Waals surface area contributed by atoms with Gasteiger partial charge in [-0.1, -0.05) is 6.07 Å². The number of nitrogens with zero attached hydrogens (tertiary/aromatic N) is 7. The molecule has 0 aliphatic carbocycles. The van der Waals surface area contributed by atoms with Crippen LogP contribution < -0.4 is 5.32 Å². The molecule has 0 atom stereocenters. The van der Waals surface area contributed by atoms with Gasteiger partial charge in [-0.3, -0.25) is 19.4 Å². The van der Waals surface area contributed by atoms with Crippen molar-refractivity contribution in [3.05, 3.63) is 59.7 Å². The summed E-state index contributed by atoms with van der Waals surface area (Å²) in [5.41, 5.74) is 2.30. The van der Waals surface area contributed by atoms with E-state index < -0.39 is 0 Å². The summed E-state index contributed by atoms with van der Waals surface area (Å²) in [6, 6.07) is 7.50. The first-order chi connectivity index (χ1) is 13.2. The Bertz CT molecular complexity index is 917. The highest BCUT2D eigenvalue weighted by molar-refractivity contribution is 5.92. The van der Waals surface area contributed by atoms with Crippen LogP contribution in [-0.2, 0) is 32.7 Å². The number of aryl methyl sites for hydroxylation is 1. The SMILES string of the molecule is CCn1ncnc1CN1CCn2nc(C(=O)NCc3ccccn3)cc2C1. The van der Waals surface area contributed by atoms with E-state index in [-0.39, 0.29) is 5.91 Å². The van der Waals surface area contributed by atoms with Crippen molar-refractivity contribution in [1.29, 1.82) is 0 Å². The number of carbonyl (C=O) groups is 1. The monoisotopic (exact) mass is 366 g/mol.